The summed E-state index contributed by atoms with van der Waals surface area (Å²) in [7, 11) is 0. The van der Waals surface area contributed by atoms with Gasteiger partial charge in [0.25, 0.3) is 0 Å². The Morgan fingerprint density at radius 2 is 2.08 bits per heavy atom. The standard InChI is InChI=1S/C10H7BrClN/c1-6-2-3-7(11)10-9(6)8(12)4-5-13-10/h2-5H,1H3. The fourth-order valence-corrected chi connectivity index (χ4v) is 2.08. The van der Waals surface area contributed by atoms with Crippen LogP contribution >= 0.6 is 27.5 Å². The average Bonchev–Trinajstić information content (AvgIpc) is 2.12. The zero-order valence-corrected chi connectivity index (χ0v) is 9.35. The molecule has 0 N–H and O–H groups in total. The van der Waals surface area contributed by atoms with E-state index in [2.05, 4.69) is 20.9 Å². The van der Waals surface area contributed by atoms with Crippen LogP contribution in [-0.2, 0) is 0 Å². The predicted molar refractivity (Wildman–Crippen MR) is 59.2 cm³/mol. The van der Waals surface area contributed by atoms with E-state index in [4.69, 9.17) is 11.6 Å². The van der Waals surface area contributed by atoms with Crippen LogP contribution in [0.15, 0.2) is 28.9 Å². The Kier molecular flexibility index (Phi) is 2.26. The lowest BCUT2D eigenvalue weighted by atomic mass is 10.1. The molecule has 0 bridgehead atoms. The molecule has 0 unspecified atom stereocenters. The van der Waals surface area contributed by atoms with Crippen LogP contribution in [0.4, 0.5) is 0 Å². The van der Waals surface area contributed by atoms with Crippen LogP contribution < -0.4 is 0 Å². The number of hydrogen-bond acceptors (Lipinski definition) is 1. The lowest BCUT2D eigenvalue weighted by Crippen LogP contribution is -1.84. The summed E-state index contributed by atoms with van der Waals surface area (Å²) < 4.78 is 0.982. The van der Waals surface area contributed by atoms with Crippen molar-refractivity contribution in [2.24, 2.45) is 0 Å². The van der Waals surface area contributed by atoms with E-state index in [-0.39, 0.29) is 0 Å². The van der Waals surface area contributed by atoms with Crippen LogP contribution in [0.25, 0.3) is 10.9 Å². The van der Waals surface area contributed by atoms with Crippen molar-refractivity contribution in [2.45, 2.75) is 6.92 Å². The van der Waals surface area contributed by atoms with Gasteiger partial charge in [-0.05, 0) is 40.5 Å². The van der Waals surface area contributed by atoms with E-state index in [9.17, 15) is 0 Å². The molecule has 2 aromatic rings. The van der Waals surface area contributed by atoms with E-state index in [1.165, 1.54) is 0 Å². The maximum Gasteiger partial charge on any atom is 0.0861 e. The van der Waals surface area contributed by atoms with E-state index in [0.717, 1.165) is 26.0 Å². The number of fused-ring (bicyclic) bond motifs is 1. The van der Waals surface area contributed by atoms with Gasteiger partial charge in [-0.3, -0.25) is 4.98 Å². The van der Waals surface area contributed by atoms with Crippen molar-refractivity contribution in [2.75, 3.05) is 0 Å². The second kappa shape index (κ2) is 3.28. The molecule has 66 valence electrons. The number of pyridine rings is 1. The molecule has 0 fully saturated rings. The van der Waals surface area contributed by atoms with Crippen LogP contribution in [0, 0.1) is 6.92 Å². The molecular weight excluding hydrogens is 249 g/mol. The summed E-state index contributed by atoms with van der Waals surface area (Å²) in [5.74, 6) is 0. The summed E-state index contributed by atoms with van der Waals surface area (Å²) in [4.78, 5) is 4.27. The lowest BCUT2D eigenvalue weighted by molar-refractivity contribution is 1.38. The Hall–Kier alpha value is -0.600. The molecule has 2 rings (SSSR count). The van der Waals surface area contributed by atoms with Gasteiger partial charge in [-0.2, -0.15) is 0 Å². The minimum absolute atomic E-state index is 0.754. The van der Waals surface area contributed by atoms with Gasteiger partial charge in [0.2, 0.25) is 0 Å². The first-order chi connectivity index (χ1) is 6.20. The highest BCUT2D eigenvalue weighted by Gasteiger charge is 2.05. The molecule has 0 amide bonds. The van der Waals surface area contributed by atoms with Crippen LogP contribution in [-0.4, -0.2) is 4.98 Å². The molecule has 0 radical (unpaired) electrons. The number of nitrogens with zero attached hydrogens (tertiary/aromatic N) is 1. The summed E-state index contributed by atoms with van der Waals surface area (Å²) in [5.41, 5.74) is 2.07. The Balaban J connectivity index is 3.00. The summed E-state index contributed by atoms with van der Waals surface area (Å²) in [6.45, 7) is 2.03. The van der Waals surface area contributed by atoms with Crippen LogP contribution in [0.3, 0.4) is 0 Å². The highest BCUT2D eigenvalue weighted by molar-refractivity contribution is 9.10. The van der Waals surface area contributed by atoms with Crippen molar-refractivity contribution < 1.29 is 0 Å². The third-order valence-corrected chi connectivity index (χ3v) is 2.96. The van der Waals surface area contributed by atoms with Crippen LogP contribution in [0.5, 0.6) is 0 Å². The van der Waals surface area contributed by atoms with Gasteiger partial charge in [0.05, 0.1) is 10.5 Å². The largest absolute Gasteiger partial charge is 0.255 e. The van der Waals surface area contributed by atoms with Crippen LogP contribution in [0.2, 0.25) is 5.02 Å². The molecule has 0 aliphatic rings. The molecule has 0 saturated heterocycles. The Bertz CT molecular complexity index is 459. The van der Waals surface area contributed by atoms with Crippen LogP contribution in [0.1, 0.15) is 5.56 Å². The predicted octanol–water partition coefficient (Wildman–Crippen LogP) is 3.96. The van der Waals surface area contributed by atoms with E-state index in [1.807, 2.05) is 25.1 Å². The van der Waals surface area contributed by atoms with Crippen molar-refractivity contribution >= 4 is 38.4 Å². The second-order valence-corrected chi connectivity index (χ2v) is 4.14. The van der Waals surface area contributed by atoms with Gasteiger partial charge in [-0.25, -0.2) is 0 Å². The minimum atomic E-state index is 0.754. The van der Waals surface area contributed by atoms with Gasteiger partial charge < -0.3 is 0 Å². The molecule has 1 aromatic carbocycles. The summed E-state index contributed by atoms with van der Waals surface area (Å²) in [5, 5.41) is 1.78. The van der Waals surface area contributed by atoms with E-state index >= 15 is 0 Å². The van der Waals surface area contributed by atoms with E-state index in [1.54, 1.807) is 6.20 Å². The third kappa shape index (κ3) is 1.45. The Labute approximate surface area is 89.9 Å². The van der Waals surface area contributed by atoms with Crippen molar-refractivity contribution in [3.8, 4) is 0 Å². The quantitative estimate of drug-likeness (QED) is 0.695. The topological polar surface area (TPSA) is 12.9 Å². The molecule has 3 heteroatoms. The molecule has 0 aliphatic heterocycles. The monoisotopic (exact) mass is 255 g/mol. The Morgan fingerprint density at radius 3 is 2.77 bits per heavy atom. The number of aromatic nitrogens is 1. The fraction of sp³-hybridized carbons (Fsp3) is 0.100. The summed E-state index contributed by atoms with van der Waals surface area (Å²) >= 11 is 9.52. The first kappa shape index (κ1) is 8.97. The number of benzene rings is 1. The van der Waals surface area contributed by atoms with Crippen molar-refractivity contribution in [3.05, 3.63) is 39.5 Å². The number of hydrogen-bond donors (Lipinski definition) is 0. The van der Waals surface area contributed by atoms with Gasteiger partial charge in [-0.15, -0.1) is 0 Å². The normalized spacial score (nSPS) is 10.7. The molecule has 13 heavy (non-hydrogen) atoms. The van der Waals surface area contributed by atoms with Gasteiger partial charge >= 0.3 is 0 Å². The van der Waals surface area contributed by atoms with Gasteiger partial charge in [0.15, 0.2) is 0 Å². The highest BCUT2D eigenvalue weighted by Crippen LogP contribution is 2.29. The first-order valence-electron chi connectivity index (χ1n) is 3.89. The molecule has 1 aromatic heterocycles. The molecular formula is C10H7BrClN. The highest BCUT2D eigenvalue weighted by atomic mass is 79.9. The molecule has 0 atom stereocenters. The first-order valence-corrected chi connectivity index (χ1v) is 5.06. The molecule has 1 nitrogen and oxygen atoms in total. The summed E-state index contributed by atoms with van der Waals surface area (Å²) in [6, 6.07) is 5.82. The minimum Gasteiger partial charge on any atom is -0.255 e. The van der Waals surface area contributed by atoms with E-state index < -0.39 is 0 Å². The zero-order valence-electron chi connectivity index (χ0n) is 7.01. The van der Waals surface area contributed by atoms with E-state index in [0.29, 0.717) is 0 Å². The second-order valence-electron chi connectivity index (χ2n) is 2.88. The van der Waals surface area contributed by atoms with Gasteiger partial charge in [-0.1, -0.05) is 17.7 Å². The van der Waals surface area contributed by atoms with Gasteiger partial charge in [0.1, 0.15) is 0 Å². The average molecular weight is 257 g/mol. The number of halogens is 2. The smallest absolute Gasteiger partial charge is 0.0861 e. The SMILES string of the molecule is Cc1ccc(Br)c2nccc(Cl)c12. The number of aryl methyl sites for hydroxylation is 1. The lowest BCUT2D eigenvalue weighted by Gasteiger charge is -2.04. The third-order valence-electron chi connectivity index (χ3n) is 2.00. The van der Waals surface area contributed by atoms with Crippen molar-refractivity contribution in [3.63, 3.8) is 0 Å². The maximum atomic E-state index is 6.07. The Morgan fingerprint density at radius 1 is 1.31 bits per heavy atom. The maximum absolute atomic E-state index is 6.07. The molecule has 1 heterocycles. The number of rotatable bonds is 0. The van der Waals surface area contributed by atoms with Crippen molar-refractivity contribution in [1.82, 2.24) is 4.98 Å². The molecule has 0 spiro atoms. The molecule has 0 saturated carbocycles. The van der Waals surface area contributed by atoms with Crippen molar-refractivity contribution in [1.29, 1.82) is 0 Å². The molecule has 0 aliphatic carbocycles. The zero-order chi connectivity index (χ0) is 9.42. The van der Waals surface area contributed by atoms with Gasteiger partial charge in [0, 0.05) is 16.1 Å². The summed E-state index contributed by atoms with van der Waals surface area (Å²) in [6.07, 6.45) is 1.72. The fourth-order valence-electron chi connectivity index (χ4n) is 1.35.